The molecule has 1 amide bonds. The molecule has 0 radical (unpaired) electrons. The molecule has 0 spiro atoms. The molecular weight excluding hydrogens is 320 g/mol. The summed E-state index contributed by atoms with van der Waals surface area (Å²) in [5, 5.41) is 12.7. The molecule has 1 aliphatic rings. The molecule has 0 bridgehead atoms. The number of carbonyl (C=O) groups excluding carboxylic acids is 1. The molecule has 1 aliphatic carbocycles. The Kier molecular flexibility index (Phi) is 8.09. The van der Waals surface area contributed by atoms with Crippen LogP contribution in [0.3, 0.4) is 0 Å². The van der Waals surface area contributed by atoms with Gasteiger partial charge in [-0.15, -0.1) is 10.2 Å². The first-order chi connectivity index (χ1) is 11.6. The minimum Gasteiger partial charge on any atom is -0.356 e. The molecule has 0 atom stereocenters. The van der Waals surface area contributed by atoms with E-state index in [1.54, 1.807) is 11.8 Å². The van der Waals surface area contributed by atoms with E-state index in [0.717, 1.165) is 36.9 Å². The van der Waals surface area contributed by atoms with Crippen LogP contribution in [0.1, 0.15) is 64.6 Å². The molecule has 1 saturated carbocycles. The largest absolute Gasteiger partial charge is 0.356 e. The predicted octanol–water partition coefficient (Wildman–Crippen LogP) is 3.68. The molecule has 1 aromatic heterocycles. The average Bonchev–Trinajstić information content (AvgIpc) is 2.93. The van der Waals surface area contributed by atoms with Crippen molar-refractivity contribution in [1.29, 1.82) is 0 Å². The van der Waals surface area contributed by atoms with Crippen molar-refractivity contribution < 1.29 is 4.79 Å². The van der Waals surface area contributed by atoms with E-state index in [4.69, 9.17) is 0 Å². The Morgan fingerprint density at radius 3 is 2.71 bits per heavy atom. The Labute approximate surface area is 150 Å². The summed E-state index contributed by atoms with van der Waals surface area (Å²) in [5.41, 5.74) is 0. The number of rotatable bonds is 9. The van der Waals surface area contributed by atoms with Crippen molar-refractivity contribution in [3.05, 3.63) is 5.82 Å². The quantitative estimate of drug-likeness (QED) is 0.544. The molecule has 1 N–H and O–H groups in total. The molecule has 2 rings (SSSR count). The third-order valence-electron chi connectivity index (χ3n) is 4.62. The van der Waals surface area contributed by atoms with E-state index in [9.17, 15) is 4.79 Å². The van der Waals surface area contributed by atoms with Gasteiger partial charge in [-0.2, -0.15) is 0 Å². The summed E-state index contributed by atoms with van der Waals surface area (Å²) in [6, 6.07) is 0. The lowest BCUT2D eigenvalue weighted by Gasteiger charge is -2.20. The van der Waals surface area contributed by atoms with E-state index in [1.165, 1.54) is 32.1 Å². The lowest BCUT2D eigenvalue weighted by molar-refractivity contribution is -0.122. The van der Waals surface area contributed by atoms with E-state index in [0.29, 0.717) is 18.3 Å². The molecule has 24 heavy (non-hydrogen) atoms. The van der Waals surface area contributed by atoms with Crippen LogP contribution in [0.4, 0.5) is 0 Å². The lowest BCUT2D eigenvalue weighted by Crippen LogP contribution is -2.27. The monoisotopic (exact) mass is 352 g/mol. The third kappa shape index (κ3) is 6.11. The van der Waals surface area contributed by atoms with Crippen LogP contribution in [0.5, 0.6) is 0 Å². The molecule has 136 valence electrons. The normalized spacial score (nSPS) is 15.8. The van der Waals surface area contributed by atoms with E-state index in [2.05, 4.69) is 33.9 Å². The number of aryl methyl sites for hydroxylation is 1. The summed E-state index contributed by atoms with van der Waals surface area (Å²) >= 11 is 1.64. The fourth-order valence-corrected chi connectivity index (χ4v) is 3.93. The van der Waals surface area contributed by atoms with Crippen LogP contribution < -0.4 is 5.32 Å². The molecule has 1 heterocycles. The van der Waals surface area contributed by atoms with Gasteiger partial charge >= 0.3 is 0 Å². The second-order valence-electron chi connectivity index (χ2n) is 7.27. The zero-order chi connectivity index (χ0) is 17.4. The first kappa shape index (κ1) is 19.3. The second-order valence-corrected chi connectivity index (χ2v) is 8.04. The Bertz CT molecular complexity index is 509. The fraction of sp³-hybridized carbons (Fsp3) is 0.833. The van der Waals surface area contributed by atoms with Crippen LogP contribution in [0.25, 0.3) is 0 Å². The van der Waals surface area contributed by atoms with Gasteiger partial charge in [0.05, 0.1) is 0 Å². The molecule has 0 aliphatic heterocycles. The molecule has 0 saturated heterocycles. The van der Waals surface area contributed by atoms with Gasteiger partial charge in [0.2, 0.25) is 5.91 Å². The topological polar surface area (TPSA) is 59.8 Å². The van der Waals surface area contributed by atoms with Gasteiger partial charge in [0, 0.05) is 25.9 Å². The number of amides is 1. The van der Waals surface area contributed by atoms with Crippen molar-refractivity contribution in [2.45, 2.75) is 76.9 Å². The van der Waals surface area contributed by atoms with Gasteiger partial charge in [-0.3, -0.25) is 4.79 Å². The molecule has 0 aromatic carbocycles. The Morgan fingerprint density at radius 2 is 2.04 bits per heavy atom. The number of thioether (sulfide) groups is 1. The van der Waals surface area contributed by atoms with Crippen molar-refractivity contribution >= 4 is 17.7 Å². The Morgan fingerprint density at radius 1 is 1.29 bits per heavy atom. The van der Waals surface area contributed by atoms with Gasteiger partial charge in [-0.05, 0) is 37.4 Å². The van der Waals surface area contributed by atoms with Gasteiger partial charge in [0.1, 0.15) is 5.82 Å². The van der Waals surface area contributed by atoms with Crippen LogP contribution in [-0.4, -0.2) is 33.5 Å². The number of nitrogens with zero attached hydrogens (tertiary/aromatic N) is 3. The average molecular weight is 353 g/mol. The smallest absolute Gasteiger partial charge is 0.220 e. The summed E-state index contributed by atoms with van der Waals surface area (Å²) in [5.74, 6) is 2.43. The third-order valence-corrected chi connectivity index (χ3v) is 5.29. The summed E-state index contributed by atoms with van der Waals surface area (Å²) in [6.07, 6.45) is 10.9. The molecular formula is C18H32N4OS. The number of carbonyl (C=O) groups is 1. The van der Waals surface area contributed by atoms with Crippen LogP contribution in [0, 0.1) is 11.8 Å². The summed E-state index contributed by atoms with van der Waals surface area (Å²) in [6.45, 7) is 6.10. The summed E-state index contributed by atoms with van der Waals surface area (Å²) < 4.78 is 2.22. The Balaban J connectivity index is 1.71. The zero-order valence-electron chi connectivity index (χ0n) is 15.4. The van der Waals surface area contributed by atoms with E-state index < -0.39 is 0 Å². The fourth-order valence-electron chi connectivity index (χ4n) is 3.40. The lowest BCUT2D eigenvalue weighted by atomic mass is 9.87. The number of nitrogens with one attached hydrogen (secondary N) is 1. The number of hydrogen-bond acceptors (Lipinski definition) is 4. The van der Waals surface area contributed by atoms with Gasteiger partial charge in [0.25, 0.3) is 0 Å². The number of aromatic nitrogens is 3. The van der Waals surface area contributed by atoms with Crippen molar-refractivity contribution in [2.75, 3.05) is 12.8 Å². The van der Waals surface area contributed by atoms with Crippen molar-refractivity contribution in [3.63, 3.8) is 0 Å². The maximum absolute atomic E-state index is 12.0. The Hall–Kier alpha value is -1.04. The van der Waals surface area contributed by atoms with Crippen LogP contribution in [0.15, 0.2) is 5.16 Å². The second kappa shape index (κ2) is 10.1. The van der Waals surface area contributed by atoms with E-state index in [1.807, 2.05) is 6.26 Å². The van der Waals surface area contributed by atoms with Gasteiger partial charge in [0.15, 0.2) is 5.16 Å². The van der Waals surface area contributed by atoms with E-state index >= 15 is 0 Å². The first-order valence-electron chi connectivity index (χ1n) is 9.33. The molecule has 1 aromatic rings. The minimum atomic E-state index is 0.218. The highest BCUT2D eigenvalue weighted by molar-refractivity contribution is 7.98. The van der Waals surface area contributed by atoms with E-state index in [-0.39, 0.29) is 5.91 Å². The molecule has 5 nitrogen and oxygen atoms in total. The van der Waals surface area contributed by atoms with Crippen LogP contribution in [0.2, 0.25) is 0 Å². The molecule has 1 fully saturated rings. The standard InChI is InChI=1S/C18H32N4OS/c1-14(2)13-22-16(20-21-18(22)24-3)10-7-11-19-17(23)12-15-8-5-4-6-9-15/h14-15H,4-13H2,1-3H3,(H,19,23). The summed E-state index contributed by atoms with van der Waals surface area (Å²) in [4.78, 5) is 12.0. The maximum atomic E-state index is 12.0. The van der Waals surface area contributed by atoms with Crippen molar-refractivity contribution in [2.24, 2.45) is 11.8 Å². The van der Waals surface area contributed by atoms with Crippen molar-refractivity contribution in [1.82, 2.24) is 20.1 Å². The van der Waals surface area contributed by atoms with Crippen molar-refractivity contribution in [3.8, 4) is 0 Å². The predicted molar refractivity (Wildman–Crippen MR) is 99.2 cm³/mol. The maximum Gasteiger partial charge on any atom is 0.220 e. The minimum absolute atomic E-state index is 0.218. The highest BCUT2D eigenvalue weighted by Crippen LogP contribution is 2.26. The van der Waals surface area contributed by atoms with Crippen LogP contribution in [-0.2, 0) is 17.8 Å². The summed E-state index contributed by atoms with van der Waals surface area (Å²) in [7, 11) is 0. The van der Waals surface area contributed by atoms with Gasteiger partial charge < -0.3 is 9.88 Å². The zero-order valence-corrected chi connectivity index (χ0v) is 16.2. The highest BCUT2D eigenvalue weighted by Gasteiger charge is 2.17. The molecule has 6 heteroatoms. The van der Waals surface area contributed by atoms with Crippen LogP contribution >= 0.6 is 11.8 Å². The number of hydrogen-bond donors (Lipinski definition) is 1. The highest BCUT2D eigenvalue weighted by atomic mass is 32.2. The van der Waals surface area contributed by atoms with Gasteiger partial charge in [-0.25, -0.2) is 0 Å². The first-order valence-corrected chi connectivity index (χ1v) is 10.6. The SMILES string of the molecule is CSc1nnc(CCCNC(=O)CC2CCCCC2)n1CC(C)C. The molecule has 0 unspecified atom stereocenters. The van der Waals surface area contributed by atoms with Gasteiger partial charge in [-0.1, -0.05) is 44.9 Å².